The molecule has 3 fully saturated rings. The van der Waals surface area contributed by atoms with E-state index < -0.39 is 11.6 Å². The van der Waals surface area contributed by atoms with E-state index in [1.54, 1.807) is 4.90 Å². The molecule has 6 heteroatoms. The summed E-state index contributed by atoms with van der Waals surface area (Å²) < 4.78 is 20.0. The summed E-state index contributed by atoms with van der Waals surface area (Å²) in [7, 11) is 0. The van der Waals surface area contributed by atoms with Crippen molar-refractivity contribution in [3.8, 4) is 5.75 Å². The van der Waals surface area contributed by atoms with Crippen molar-refractivity contribution in [3.05, 3.63) is 29.3 Å². The van der Waals surface area contributed by atoms with Crippen molar-refractivity contribution >= 4 is 11.9 Å². The Balaban J connectivity index is 1.26. The molecule has 3 aliphatic carbocycles. The number of aryl methyl sites for hydroxylation is 1. The molecule has 5 rings (SSSR count). The van der Waals surface area contributed by atoms with Crippen LogP contribution in [0.5, 0.6) is 5.75 Å². The fourth-order valence-corrected chi connectivity index (χ4v) is 7.09. The summed E-state index contributed by atoms with van der Waals surface area (Å²) in [6, 6.07) is 6.54. The standard InChI is InChI=1S/C26H35FN2O3/c1-3-28-17-9-12-29(13-10-17)25(31)32-18-5-7-19-16(14-18)4-6-21-20(19)8-11-26(2)22(21)15-23(27)24(26)30/h5,7,14,17,20-23,28H,3-4,6,8-13,15H2,1-2H3. The Hall–Kier alpha value is -1.95. The summed E-state index contributed by atoms with van der Waals surface area (Å²) in [5.41, 5.74) is 2.07. The second-order valence-electron chi connectivity index (χ2n) is 10.5. The molecular formula is C26H35FN2O3. The van der Waals surface area contributed by atoms with Crippen LogP contribution >= 0.6 is 0 Å². The minimum Gasteiger partial charge on any atom is -0.410 e. The molecule has 1 heterocycles. The van der Waals surface area contributed by atoms with Crippen LogP contribution in [0, 0.1) is 17.3 Å². The smallest absolute Gasteiger partial charge is 0.410 e. The topological polar surface area (TPSA) is 58.6 Å². The highest BCUT2D eigenvalue weighted by Crippen LogP contribution is 2.60. The second kappa shape index (κ2) is 8.44. The van der Waals surface area contributed by atoms with Gasteiger partial charge in [0.15, 0.2) is 12.0 Å². The van der Waals surface area contributed by atoms with Gasteiger partial charge < -0.3 is 15.0 Å². The number of carbonyl (C=O) groups excluding carboxylic acids is 2. The Bertz CT molecular complexity index is 897. The molecule has 1 aromatic carbocycles. The number of benzene rings is 1. The lowest BCUT2D eigenvalue weighted by atomic mass is 9.55. The number of alkyl halides is 1. The highest BCUT2D eigenvalue weighted by atomic mass is 19.1. The van der Waals surface area contributed by atoms with E-state index in [1.807, 2.05) is 19.1 Å². The number of nitrogens with zero attached hydrogens (tertiary/aromatic N) is 1. The number of Topliss-reactive ketones (excluding diaryl/α,β-unsaturated/α-hetero) is 1. The lowest BCUT2D eigenvalue weighted by molar-refractivity contribution is -0.132. The van der Waals surface area contributed by atoms with Gasteiger partial charge in [-0.05, 0) is 92.5 Å². The SMILES string of the molecule is CCNC1CCN(C(=O)Oc2ccc3c(c2)CCC2C3CCC3(C)C(=O)C(F)CC23)CC1. The van der Waals surface area contributed by atoms with Crippen molar-refractivity contribution in [3.63, 3.8) is 0 Å². The van der Waals surface area contributed by atoms with Gasteiger partial charge in [0.05, 0.1) is 0 Å². The molecule has 1 saturated heterocycles. The Morgan fingerprint density at radius 2 is 2.03 bits per heavy atom. The average Bonchev–Trinajstić information content (AvgIpc) is 3.03. The highest BCUT2D eigenvalue weighted by molar-refractivity contribution is 5.91. The molecular weight excluding hydrogens is 407 g/mol. The van der Waals surface area contributed by atoms with Crippen LogP contribution in [-0.4, -0.2) is 48.6 Å². The average molecular weight is 443 g/mol. The molecule has 1 amide bonds. The van der Waals surface area contributed by atoms with Crippen LogP contribution in [0.15, 0.2) is 18.2 Å². The first-order chi connectivity index (χ1) is 15.4. The molecule has 0 spiro atoms. The minimum absolute atomic E-state index is 0.152. The number of halogens is 1. The zero-order valence-corrected chi connectivity index (χ0v) is 19.2. The predicted molar refractivity (Wildman–Crippen MR) is 121 cm³/mol. The van der Waals surface area contributed by atoms with E-state index in [4.69, 9.17) is 4.74 Å². The number of amides is 1. The van der Waals surface area contributed by atoms with E-state index in [0.717, 1.165) is 58.2 Å². The molecule has 32 heavy (non-hydrogen) atoms. The van der Waals surface area contributed by atoms with Crippen molar-refractivity contribution in [2.75, 3.05) is 19.6 Å². The van der Waals surface area contributed by atoms with Crippen LogP contribution in [0.2, 0.25) is 0 Å². The third kappa shape index (κ3) is 3.64. The molecule has 2 saturated carbocycles. The molecule has 5 nitrogen and oxygen atoms in total. The van der Waals surface area contributed by atoms with Crippen LogP contribution in [-0.2, 0) is 11.2 Å². The van der Waals surface area contributed by atoms with Gasteiger partial charge in [0.1, 0.15) is 5.75 Å². The molecule has 0 bridgehead atoms. The summed E-state index contributed by atoms with van der Waals surface area (Å²) in [6.07, 6.45) is 4.35. The predicted octanol–water partition coefficient (Wildman–Crippen LogP) is 4.63. The van der Waals surface area contributed by atoms with Gasteiger partial charge in [-0.2, -0.15) is 0 Å². The molecule has 0 aromatic heterocycles. The lowest BCUT2D eigenvalue weighted by Crippen LogP contribution is -2.45. The number of rotatable bonds is 3. The largest absolute Gasteiger partial charge is 0.415 e. The van der Waals surface area contributed by atoms with Crippen molar-refractivity contribution in [1.82, 2.24) is 10.2 Å². The van der Waals surface area contributed by atoms with E-state index in [2.05, 4.69) is 18.3 Å². The number of hydrogen-bond donors (Lipinski definition) is 1. The van der Waals surface area contributed by atoms with E-state index in [-0.39, 0.29) is 17.8 Å². The van der Waals surface area contributed by atoms with Gasteiger partial charge in [0.25, 0.3) is 0 Å². The number of ether oxygens (including phenoxy) is 1. The van der Waals surface area contributed by atoms with E-state index >= 15 is 0 Å². The van der Waals surface area contributed by atoms with Crippen LogP contribution in [0.3, 0.4) is 0 Å². The van der Waals surface area contributed by atoms with Crippen molar-refractivity contribution in [2.24, 2.45) is 17.3 Å². The maximum Gasteiger partial charge on any atom is 0.415 e. The number of nitrogens with one attached hydrogen (secondary N) is 1. The van der Waals surface area contributed by atoms with Crippen molar-refractivity contribution in [1.29, 1.82) is 0 Å². The second-order valence-corrected chi connectivity index (χ2v) is 10.5. The lowest BCUT2D eigenvalue weighted by Gasteiger charge is -2.48. The summed E-state index contributed by atoms with van der Waals surface area (Å²) in [6.45, 7) is 6.50. The summed E-state index contributed by atoms with van der Waals surface area (Å²) in [4.78, 5) is 26.9. The van der Waals surface area contributed by atoms with Gasteiger partial charge in [-0.15, -0.1) is 0 Å². The molecule has 5 atom stereocenters. The quantitative estimate of drug-likeness (QED) is 0.741. The molecule has 1 aliphatic heterocycles. The number of hydrogen-bond acceptors (Lipinski definition) is 4. The number of fused-ring (bicyclic) bond motifs is 5. The van der Waals surface area contributed by atoms with Gasteiger partial charge in [-0.3, -0.25) is 4.79 Å². The Kier molecular flexibility index (Phi) is 5.77. The van der Waals surface area contributed by atoms with E-state index in [1.165, 1.54) is 11.1 Å². The first-order valence-corrected chi connectivity index (χ1v) is 12.4. The first-order valence-electron chi connectivity index (χ1n) is 12.4. The summed E-state index contributed by atoms with van der Waals surface area (Å²) >= 11 is 0. The Morgan fingerprint density at radius 1 is 1.25 bits per heavy atom. The number of ketones is 1. The fourth-order valence-electron chi connectivity index (χ4n) is 7.09. The maximum atomic E-state index is 14.3. The molecule has 0 radical (unpaired) electrons. The van der Waals surface area contributed by atoms with Gasteiger partial charge in [-0.1, -0.05) is 19.9 Å². The number of carbonyl (C=O) groups is 2. The molecule has 5 unspecified atom stereocenters. The molecule has 1 aromatic rings. The van der Waals surface area contributed by atoms with Crippen LogP contribution in [0.25, 0.3) is 0 Å². The van der Waals surface area contributed by atoms with Gasteiger partial charge in [-0.25, -0.2) is 9.18 Å². The molecule has 1 N–H and O–H groups in total. The Labute approximate surface area is 190 Å². The highest BCUT2D eigenvalue weighted by Gasteiger charge is 2.58. The van der Waals surface area contributed by atoms with Crippen LogP contribution < -0.4 is 10.1 Å². The normalized spacial score (nSPS) is 34.6. The van der Waals surface area contributed by atoms with E-state index in [0.29, 0.717) is 30.0 Å². The van der Waals surface area contributed by atoms with Crippen molar-refractivity contribution < 1.29 is 18.7 Å². The maximum absolute atomic E-state index is 14.3. The zero-order chi connectivity index (χ0) is 22.5. The summed E-state index contributed by atoms with van der Waals surface area (Å²) in [5, 5.41) is 3.45. The first kappa shape index (κ1) is 21.9. The molecule has 4 aliphatic rings. The minimum atomic E-state index is -1.28. The third-order valence-corrected chi connectivity index (χ3v) is 8.85. The van der Waals surface area contributed by atoms with Crippen LogP contribution in [0.4, 0.5) is 9.18 Å². The summed E-state index contributed by atoms with van der Waals surface area (Å²) in [5.74, 6) is 1.35. The zero-order valence-electron chi connectivity index (χ0n) is 19.2. The third-order valence-electron chi connectivity index (χ3n) is 8.85. The Morgan fingerprint density at radius 3 is 2.78 bits per heavy atom. The van der Waals surface area contributed by atoms with Gasteiger partial charge >= 0.3 is 6.09 Å². The monoisotopic (exact) mass is 442 g/mol. The van der Waals surface area contributed by atoms with Gasteiger partial charge in [0.2, 0.25) is 0 Å². The number of likely N-dealkylation sites (tertiary alicyclic amines) is 1. The van der Waals surface area contributed by atoms with Gasteiger partial charge in [0, 0.05) is 24.5 Å². The van der Waals surface area contributed by atoms with Crippen LogP contribution in [0.1, 0.15) is 69.4 Å². The van der Waals surface area contributed by atoms with Crippen molar-refractivity contribution in [2.45, 2.75) is 76.9 Å². The fraction of sp³-hybridized carbons (Fsp3) is 0.692. The van der Waals surface area contributed by atoms with E-state index in [9.17, 15) is 14.0 Å². The molecule has 174 valence electrons. The number of piperidine rings is 1.